The Hall–Kier alpha value is -2.22. The minimum Gasteiger partial charge on any atom is -0.121 e. The van der Waals surface area contributed by atoms with Crippen LogP contribution in [-0.4, -0.2) is 8.07 Å². The third kappa shape index (κ3) is 5.45. The van der Waals surface area contributed by atoms with E-state index in [4.69, 9.17) is 0 Å². The minimum absolute atomic E-state index is 0.986. The molecular formula is C23H26Si. The van der Waals surface area contributed by atoms with Crippen molar-refractivity contribution >= 4 is 13.3 Å². The van der Waals surface area contributed by atoms with Crippen LogP contribution >= 0.6 is 0 Å². The fourth-order valence-corrected chi connectivity index (χ4v) is 4.50. The van der Waals surface area contributed by atoms with Gasteiger partial charge in [0.05, 0.1) is 0 Å². The van der Waals surface area contributed by atoms with Crippen molar-refractivity contribution in [3.8, 4) is 23.3 Å². The van der Waals surface area contributed by atoms with Gasteiger partial charge >= 0.3 is 0 Å². The van der Waals surface area contributed by atoms with Gasteiger partial charge < -0.3 is 0 Å². The summed E-state index contributed by atoms with van der Waals surface area (Å²) in [5.74, 6) is 10.1. The highest BCUT2D eigenvalue weighted by Crippen LogP contribution is 2.08. The van der Waals surface area contributed by atoms with Crippen molar-refractivity contribution in [1.82, 2.24) is 0 Å². The van der Waals surface area contributed by atoms with Crippen LogP contribution in [-0.2, 0) is 0 Å². The number of rotatable bonds is 4. The Bertz CT molecular complexity index is 764. The van der Waals surface area contributed by atoms with Gasteiger partial charge in [0, 0.05) is 17.5 Å². The van der Waals surface area contributed by atoms with Gasteiger partial charge in [0.25, 0.3) is 0 Å². The molecule has 0 amide bonds. The summed E-state index contributed by atoms with van der Waals surface area (Å²) in [6, 6.07) is 18.8. The molecule has 1 heteroatoms. The van der Waals surface area contributed by atoms with E-state index in [-0.39, 0.29) is 0 Å². The van der Waals surface area contributed by atoms with Crippen LogP contribution in [0.1, 0.15) is 43.7 Å². The second-order valence-corrected chi connectivity index (χ2v) is 10.6. The maximum Gasteiger partial charge on any atom is 0.164 e. The van der Waals surface area contributed by atoms with Crippen molar-refractivity contribution in [3.05, 3.63) is 65.7 Å². The first-order chi connectivity index (χ1) is 11.6. The summed E-state index contributed by atoms with van der Waals surface area (Å²) in [4.78, 5) is 0. The molecule has 0 nitrogen and oxygen atoms in total. The van der Waals surface area contributed by atoms with Gasteiger partial charge in [-0.1, -0.05) is 87.0 Å². The molecule has 24 heavy (non-hydrogen) atoms. The van der Waals surface area contributed by atoms with E-state index in [1.807, 2.05) is 18.2 Å². The Labute approximate surface area is 148 Å². The highest BCUT2D eigenvalue weighted by atomic mass is 28.3. The zero-order valence-electron chi connectivity index (χ0n) is 15.0. The summed E-state index contributed by atoms with van der Waals surface area (Å²) in [5.41, 5.74) is 5.81. The van der Waals surface area contributed by atoms with Gasteiger partial charge in [0.1, 0.15) is 0 Å². The summed E-state index contributed by atoms with van der Waals surface area (Å²) in [7, 11) is -1.85. The van der Waals surface area contributed by atoms with E-state index in [2.05, 4.69) is 79.7 Å². The Balaban J connectivity index is 2.22. The molecule has 2 aromatic rings. The molecule has 0 aromatic heterocycles. The third-order valence-electron chi connectivity index (χ3n) is 4.02. The van der Waals surface area contributed by atoms with Gasteiger partial charge in [0.2, 0.25) is 0 Å². The Morgan fingerprint density at radius 3 is 2.29 bits per heavy atom. The van der Waals surface area contributed by atoms with Crippen LogP contribution < -0.4 is 5.19 Å². The van der Waals surface area contributed by atoms with Crippen molar-refractivity contribution < 1.29 is 0 Å². The summed E-state index contributed by atoms with van der Waals surface area (Å²) in [5, 5.41) is 1.34. The van der Waals surface area contributed by atoms with Crippen LogP contribution in [0.25, 0.3) is 0 Å². The maximum absolute atomic E-state index is 3.56. The van der Waals surface area contributed by atoms with Crippen LogP contribution in [0.15, 0.2) is 54.6 Å². The first-order valence-corrected chi connectivity index (χ1v) is 11.8. The molecule has 0 radical (unpaired) electrons. The van der Waals surface area contributed by atoms with Crippen LogP contribution in [0.2, 0.25) is 13.1 Å². The smallest absolute Gasteiger partial charge is 0.121 e. The van der Waals surface area contributed by atoms with Gasteiger partial charge in [-0.05, 0) is 29.8 Å². The predicted molar refractivity (Wildman–Crippen MR) is 108 cm³/mol. The Kier molecular flexibility index (Phi) is 6.92. The minimum atomic E-state index is -1.85. The molecule has 0 heterocycles. The van der Waals surface area contributed by atoms with E-state index in [0.29, 0.717) is 0 Å². The van der Waals surface area contributed by atoms with Crippen LogP contribution in [0, 0.1) is 23.3 Å². The van der Waals surface area contributed by atoms with Crippen LogP contribution in [0.5, 0.6) is 0 Å². The lowest BCUT2D eigenvalue weighted by atomic mass is 10.2. The van der Waals surface area contributed by atoms with Gasteiger partial charge in [0.15, 0.2) is 8.07 Å². The van der Waals surface area contributed by atoms with E-state index in [1.165, 1.54) is 24.4 Å². The Morgan fingerprint density at radius 2 is 1.54 bits per heavy atom. The first kappa shape index (κ1) is 18.1. The van der Waals surface area contributed by atoms with Gasteiger partial charge in [-0.15, -0.1) is 5.54 Å². The second kappa shape index (κ2) is 9.17. The molecule has 0 aliphatic carbocycles. The summed E-state index contributed by atoms with van der Waals surface area (Å²) in [6.45, 7) is 6.84. The van der Waals surface area contributed by atoms with Crippen molar-refractivity contribution in [3.63, 3.8) is 0 Å². The standard InChI is InChI=1S/C23H26Si/c1-4-5-6-7-11-16-22-17-12-13-18-23(22)24(2,3)20-19-21-14-9-8-10-15-21/h8-10,12-15,17-18H,4-7H2,1-3H3. The van der Waals surface area contributed by atoms with Crippen molar-refractivity contribution in [2.24, 2.45) is 0 Å². The molecule has 0 aliphatic heterocycles. The molecule has 122 valence electrons. The maximum atomic E-state index is 3.56. The van der Waals surface area contributed by atoms with Crippen molar-refractivity contribution in [2.75, 3.05) is 0 Å². The fraction of sp³-hybridized carbons (Fsp3) is 0.304. The van der Waals surface area contributed by atoms with E-state index >= 15 is 0 Å². The molecule has 0 saturated carbocycles. The zero-order valence-corrected chi connectivity index (χ0v) is 16.0. The molecule has 0 aliphatic rings. The number of hydrogen-bond donors (Lipinski definition) is 0. The lowest BCUT2D eigenvalue weighted by molar-refractivity contribution is 0.737. The van der Waals surface area contributed by atoms with Gasteiger partial charge in [-0.25, -0.2) is 0 Å². The molecule has 2 rings (SSSR count). The average Bonchev–Trinajstić information content (AvgIpc) is 2.61. The average molecular weight is 331 g/mol. The molecule has 0 atom stereocenters. The highest BCUT2D eigenvalue weighted by molar-refractivity contribution is 6.96. The molecule has 0 fully saturated rings. The normalized spacial score (nSPS) is 10.3. The van der Waals surface area contributed by atoms with E-state index < -0.39 is 8.07 Å². The number of hydrogen-bond acceptors (Lipinski definition) is 0. The highest BCUT2D eigenvalue weighted by Gasteiger charge is 2.23. The molecular weight excluding hydrogens is 304 g/mol. The van der Waals surface area contributed by atoms with Crippen LogP contribution in [0.3, 0.4) is 0 Å². The molecule has 0 N–H and O–H groups in total. The molecule has 0 saturated heterocycles. The topological polar surface area (TPSA) is 0 Å². The molecule has 0 spiro atoms. The number of unbranched alkanes of at least 4 members (excludes halogenated alkanes) is 3. The monoisotopic (exact) mass is 330 g/mol. The molecule has 0 bridgehead atoms. The van der Waals surface area contributed by atoms with Gasteiger partial charge in [-0.3, -0.25) is 0 Å². The molecule has 2 aromatic carbocycles. The zero-order chi connectivity index (χ0) is 17.3. The SMILES string of the molecule is CCCCCC#Cc1ccccc1[Si](C)(C)C#Cc1ccccc1. The third-order valence-corrected chi connectivity index (χ3v) is 6.55. The van der Waals surface area contributed by atoms with Crippen molar-refractivity contribution in [2.45, 2.75) is 45.7 Å². The largest absolute Gasteiger partial charge is 0.164 e. The lowest BCUT2D eigenvalue weighted by Crippen LogP contribution is -2.42. The quantitative estimate of drug-likeness (QED) is 0.414. The van der Waals surface area contributed by atoms with E-state index in [9.17, 15) is 0 Å². The summed E-state index contributed by atoms with van der Waals surface area (Å²) >= 11 is 0. The molecule has 0 unspecified atom stereocenters. The predicted octanol–water partition coefficient (Wildman–Crippen LogP) is 5.12. The summed E-state index contributed by atoms with van der Waals surface area (Å²) in [6.07, 6.45) is 4.69. The van der Waals surface area contributed by atoms with Crippen LogP contribution in [0.4, 0.5) is 0 Å². The summed E-state index contributed by atoms with van der Waals surface area (Å²) < 4.78 is 0. The Morgan fingerprint density at radius 1 is 0.833 bits per heavy atom. The van der Waals surface area contributed by atoms with Gasteiger partial charge in [-0.2, -0.15) is 0 Å². The fourth-order valence-electron chi connectivity index (χ4n) is 2.58. The van der Waals surface area contributed by atoms with E-state index in [1.54, 1.807) is 0 Å². The lowest BCUT2D eigenvalue weighted by Gasteiger charge is -2.17. The number of benzene rings is 2. The van der Waals surface area contributed by atoms with E-state index in [0.717, 1.165) is 17.5 Å². The van der Waals surface area contributed by atoms with Crippen molar-refractivity contribution in [1.29, 1.82) is 0 Å². The first-order valence-electron chi connectivity index (χ1n) is 8.80. The second-order valence-electron chi connectivity index (χ2n) is 6.55.